The van der Waals surface area contributed by atoms with E-state index in [1.54, 1.807) is 21.0 Å². The van der Waals surface area contributed by atoms with Crippen LogP contribution in [0.4, 0.5) is 0 Å². The molecule has 3 fully saturated rings. The fourth-order valence-electron chi connectivity index (χ4n) is 3.63. The zero-order chi connectivity index (χ0) is 19.2. The molecule has 9 heteroatoms. The second kappa shape index (κ2) is 6.68. The first-order valence-electron chi connectivity index (χ1n) is 8.71. The molecule has 0 bridgehead atoms. The molecule has 3 aliphatic heterocycles. The summed E-state index contributed by atoms with van der Waals surface area (Å²) in [6, 6.07) is 7.61. The standard InChI is InChI=1S/C18H22N2O6S/c1-17(2)25-13-12(9-23-8-10-4-6-11(22-3)7-5-10)24-18(14(13)26-17)15(21)19-16(27)20-18/h4-7,12-14H,8-9H2,1-3H3,(H2,19,20,21,27)/t12-,13-,14-,18+/m1/s1. The number of benzene rings is 1. The Morgan fingerprint density at radius 1 is 1.19 bits per heavy atom. The fourth-order valence-corrected chi connectivity index (χ4v) is 3.87. The number of methoxy groups -OCH3 is 1. The molecule has 0 aliphatic carbocycles. The van der Waals surface area contributed by atoms with E-state index in [0.717, 1.165) is 11.3 Å². The van der Waals surface area contributed by atoms with Crippen LogP contribution in [0.2, 0.25) is 0 Å². The van der Waals surface area contributed by atoms with Crippen molar-refractivity contribution >= 4 is 23.2 Å². The van der Waals surface area contributed by atoms with Crippen molar-refractivity contribution in [3.05, 3.63) is 29.8 Å². The van der Waals surface area contributed by atoms with Crippen molar-refractivity contribution in [2.45, 2.75) is 50.3 Å². The summed E-state index contributed by atoms with van der Waals surface area (Å²) in [6.07, 6.45) is -1.55. The van der Waals surface area contributed by atoms with E-state index >= 15 is 0 Å². The van der Waals surface area contributed by atoms with Gasteiger partial charge >= 0.3 is 0 Å². The molecule has 4 atom stereocenters. The lowest BCUT2D eigenvalue weighted by Gasteiger charge is -2.28. The van der Waals surface area contributed by atoms with Crippen LogP contribution in [0.3, 0.4) is 0 Å². The summed E-state index contributed by atoms with van der Waals surface area (Å²) in [4.78, 5) is 12.5. The van der Waals surface area contributed by atoms with Crippen LogP contribution in [0.1, 0.15) is 19.4 Å². The predicted molar refractivity (Wildman–Crippen MR) is 98.0 cm³/mol. The van der Waals surface area contributed by atoms with Gasteiger partial charge < -0.3 is 29.0 Å². The number of amides is 1. The Balaban J connectivity index is 1.44. The molecule has 1 amide bonds. The Kier molecular flexibility index (Phi) is 4.59. The van der Waals surface area contributed by atoms with E-state index < -0.39 is 29.8 Å². The van der Waals surface area contributed by atoms with Crippen molar-refractivity contribution in [1.29, 1.82) is 0 Å². The molecule has 146 valence electrons. The van der Waals surface area contributed by atoms with Gasteiger partial charge in [0, 0.05) is 0 Å². The van der Waals surface area contributed by atoms with E-state index in [0.29, 0.717) is 6.61 Å². The Morgan fingerprint density at radius 2 is 1.93 bits per heavy atom. The highest BCUT2D eigenvalue weighted by Crippen LogP contribution is 2.44. The Morgan fingerprint density at radius 3 is 2.56 bits per heavy atom. The molecule has 0 saturated carbocycles. The number of hydrogen-bond donors (Lipinski definition) is 2. The van der Waals surface area contributed by atoms with Gasteiger partial charge in [0.05, 0.1) is 20.3 Å². The number of hydrogen-bond acceptors (Lipinski definition) is 7. The fraction of sp³-hybridized carbons (Fsp3) is 0.556. The quantitative estimate of drug-likeness (QED) is 0.711. The lowest BCUT2D eigenvalue weighted by atomic mass is 10.0. The first-order valence-corrected chi connectivity index (χ1v) is 9.11. The van der Waals surface area contributed by atoms with Crippen LogP contribution in [-0.2, 0) is 30.3 Å². The van der Waals surface area contributed by atoms with Gasteiger partial charge in [-0.25, -0.2) is 0 Å². The molecule has 0 radical (unpaired) electrons. The lowest BCUT2D eigenvalue weighted by Crippen LogP contribution is -2.56. The molecule has 27 heavy (non-hydrogen) atoms. The average Bonchev–Trinajstić information content (AvgIpc) is 3.19. The van der Waals surface area contributed by atoms with Crippen LogP contribution in [0.25, 0.3) is 0 Å². The molecule has 3 aliphatic rings. The number of ether oxygens (including phenoxy) is 5. The smallest absolute Gasteiger partial charge is 0.282 e. The first kappa shape index (κ1) is 18.6. The number of thiocarbonyl (C=S) groups is 1. The highest BCUT2D eigenvalue weighted by atomic mass is 32.1. The third kappa shape index (κ3) is 3.30. The molecule has 1 aromatic rings. The zero-order valence-corrected chi connectivity index (χ0v) is 16.1. The van der Waals surface area contributed by atoms with Crippen LogP contribution in [0, 0.1) is 0 Å². The highest BCUT2D eigenvalue weighted by molar-refractivity contribution is 7.80. The minimum atomic E-state index is -1.39. The molecule has 0 unspecified atom stereocenters. The van der Waals surface area contributed by atoms with Gasteiger partial charge in [0.25, 0.3) is 11.6 Å². The molecule has 2 N–H and O–H groups in total. The summed E-state index contributed by atoms with van der Waals surface area (Å²) in [5, 5.41) is 5.70. The van der Waals surface area contributed by atoms with E-state index in [1.165, 1.54) is 0 Å². The van der Waals surface area contributed by atoms with Crippen molar-refractivity contribution in [2.75, 3.05) is 13.7 Å². The van der Waals surface area contributed by atoms with Crippen LogP contribution in [0.5, 0.6) is 5.75 Å². The molecular weight excluding hydrogens is 372 g/mol. The third-order valence-corrected chi connectivity index (χ3v) is 5.01. The molecule has 4 rings (SSSR count). The van der Waals surface area contributed by atoms with Gasteiger partial charge in [-0.05, 0) is 43.8 Å². The second-order valence-electron chi connectivity index (χ2n) is 7.18. The summed E-state index contributed by atoms with van der Waals surface area (Å²) in [5.41, 5.74) is -0.384. The van der Waals surface area contributed by atoms with E-state index in [-0.39, 0.29) is 17.6 Å². The zero-order valence-electron chi connectivity index (χ0n) is 15.3. The maximum Gasteiger partial charge on any atom is 0.282 e. The minimum absolute atomic E-state index is 0.215. The Bertz CT molecular complexity index is 755. The summed E-state index contributed by atoms with van der Waals surface area (Å²) in [5.74, 6) is -0.413. The normalized spacial score (nSPS) is 33.8. The van der Waals surface area contributed by atoms with Gasteiger partial charge in [0.15, 0.2) is 10.9 Å². The third-order valence-electron chi connectivity index (χ3n) is 4.81. The van der Waals surface area contributed by atoms with Gasteiger partial charge in [0.1, 0.15) is 24.1 Å². The van der Waals surface area contributed by atoms with Crippen LogP contribution < -0.4 is 15.4 Å². The van der Waals surface area contributed by atoms with Crippen molar-refractivity contribution in [1.82, 2.24) is 10.6 Å². The number of carbonyl (C=O) groups is 1. The van der Waals surface area contributed by atoms with Crippen LogP contribution in [0.15, 0.2) is 24.3 Å². The van der Waals surface area contributed by atoms with Gasteiger partial charge in [0.2, 0.25) is 0 Å². The van der Waals surface area contributed by atoms with Crippen molar-refractivity contribution in [2.24, 2.45) is 0 Å². The number of fused-ring (bicyclic) bond motifs is 2. The summed E-state index contributed by atoms with van der Waals surface area (Å²) in [6.45, 7) is 4.26. The predicted octanol–water partition coefficient (Wildman–Crippen LogP) is 0.831. The summed E-state index contributed by atoms with van der Waals surface area (Å²) >= 11 is 5.07. The molecule has 3 heterocycles. The highest BCUT2D eigenvalue weighted by Gasteiger charge is 2.68. The van der Waals surface area contributed by atoms with Crippen LogP contribution in [-0.4, -0.2) is 54.6 Å². The van der Waals surface area contributed by atoms with E-state index in [9.17, 15) is 4.79 Å². The Hall–Kier alpha value is -1.78. The number of carbonyl (C=O) groups excluding carboxylic acids is 1. The molecule has 3 saturated heterocycles. The monoisotopic (exact) mass is 394 g/mol. The van der Waals surface area contributed by atoms with E-state index in [2.05, 4.69) is 10.6 Å². The van der Waals surface area contributed by atoms with Crippen molar-refractivity contribution in [3.63, 3.8) is 0 Å². The second-order valence-corrected chi connectivity index (χ2v) is 7.59. The summed E-state index contributed by atoms with van der Waals surface area (Å²) in [7, 11) is 1.62. The summed E-state index contributed by atoms with van der Waals surface area (Å²) < 4.78 is 28.9. The van der Waals surface area contributed by atoms with E-state index in [4.69, 9.17) is 35.9 Å². The molecule has 8 nitrogen and oxygen atoms in total. The van der Waals surface area contributed by atoms with Gasteiger partial charge in [-0.1, -0.05) is 12.1 Å². The van der Waals surface area contributed by atoms with Gasteiger partial charge in [-0.3, -0.25) is 10.1 Å². The maximum atomic E-state index is 12.5. The first-order chi connectivity index (χ1) is 12.8. The topological polar surface area (TPSA) is 87.3 Å². The van der Waals surface area contributed by atoms with Gasteiger partial charge in [-0.15, -0.1) is 0 Å². The number of nitrogens with one attached hydrogen (secondary N) is 2. The molecule has 1 spiro atoms. The van der Waals surface area contributed by atoms with Crippen molar-refractivity contribution < 1.29 is 28.5 Å². The maximum absolute atomic E-state index is 12.5. The van der Waals surface area contributed by atoms with Crippen LogP contribution >= 0.6 is 12.2 Å². The molecular formula is C18H22N2O6S. The van der Waals surface area contributed by atoms with E-state index in [1.807, 2.05) is 24.3 Å². The molecule has 0 aromatic heterocycles. The van der Waals surface area contributed by atoms with Crippen molar-refractivity contribution in [3.8, 4) is 5.75 Å². The molecule has 1 aromatic carbocycles. The SMILES string of the molecule is COc1ccc(COC[C@H]2O[C@@]3(NC(=S)NC3=O)[C@@H]3OC(C)(C)O[C@@H]32)cc1. The Labute approximate surface area is 162 Å². The number of rotatable bonds is 5. The average molecular weight is 394 g/mol. The largest absolute Gasteiger partial charge is 0.497 e. The minimum Gasteiger partial charge on any atom is -0.497 e. The van der Waals surface area contributed by atoms with Gasteiger partial charge in [-0.2, -0.15) is 0 Å². The lowest BCUT2D eigenvalue weighted by molar-refractivity contribution is -0.214.